The Morgan fingerprint density at radius 1 is 1.00 bits per heavy atom. The van der Waals surface area contributed by atoms with E-state index in [-0.39, 0.29) is 31.0 Å². The number of rotatable bonds is 10. The van der Waals surface area contributed by atoms with Crippen LogP contribution in [0.1, 0.15) is 25.0 Å². The number of halogens is 3. The van der Waals surface area contributed by atoms with Crippen LogP contribution in [0.4, 0.5) is 0 Å². The number of benzene rings is 3. The van der Waals surface area contributed by atoms with Gasteiger partial charge in [-0.05, 0) is 61.4 Å². The molecule has 0 heterocycles. The maximum absolute atomic E-state index is 13.5. The minimum atomic E-state index is -0.771. The lowest BCUT2D eigenvalue weighted by atomic mass is 10.0. The predicted molar refractivity (Wildman–Crippen MR) is 144 cm³/mol. The van der Waals surface area contributed by atoms with Crippen molar-refractivity contribution in [3.8, 4) is 5.75 Å². The molecule has 0 saturated heterocycles. The molecule has 5 nitrogen and oxygen atoms in total. The third kappa shape index (κ3) is 8.27. The highest BCUT2D eigenvalue weighted by Crippen LogP contribution is 2.24. The van der Waals surface area contributed by atoms with Crippen LogP contribution in [0.25, 0.3) is 0 Å². The minimum Gasteiger partial charge on any atom is -0.484 e. The second-order valence-electron chi connectivity index (χ2n) is 8.37. The monoisotopic (exact) mass is 576 g/mol. The summed E-state index contributed by atoms with van der Waals surface area (Å²) in [5.41, 5.74) is 1.62. The molecule has 0 aliphatic heterocycles. The molecule has 184 valence electrons. The summed E-state index contributed by atoms with van der Waals surface area (Å²) < 4.78 is 6.66. The number of nitrogens with one attached hydrogen (secondary N) is 1. The van der Waals surface area contributed by atoms with Crippen molar-refractivity contribution < 1.29 is 14.3 Å². The fourth-order valence-corrected chi connectivity index (χ4v) is 4.26. The molecule has 0 aromatic heterocycles. The van der Waals surface area contributed by atoms with Crippen molar-refractivity contribution in [2.24, 2.45) is 0 Å². The maximum Gasteiger partial charge on any atom is 0.261 e. The summed E-state index contributed by atoms with van der Waals surface area (Å²) in [5, 5.41) is 3.87. The van der Waals surface area contributed by atoms with Crippen LogP contribution >= 0.6 is 39.1 Å². The summed E-state index contributed by atoms with van der Waals surface area (Å²) in [5.74, 6) is -0.0260. The number of hydrogen-bond acceptors (Lipinski definition) is 3. The van der Waals surface area contributed by atoms with Crippen LogP contribution in [-0.2, 0) is 22.6 Å². The first-order valence-electron chi connectivity index (χ1n) is 11.2. The molecular weight excluding hydrogens is 551 g/mol. The van der Waals surface area contributed by atoms with Gasteiger partial charge in [-0.2, -0.15) is 0 Å². The highest BCUT2D eigenvalue weighted by atomic mass is 79.9. The maximum atomic E-state index is 13.5. The third-order valence-corrected chi connectivity index (χ3v) is 6.35. The minimum absolute atomic E-state index is 0.0872. The number of ether oxygens (including phenoxy) is 1. The fourth-order valence-electron chi connectivity index (χ4n) is 3.53. The predicted octanol–water partition coefficient (Wildman–Crippen LogP) is 6.30. The molecule has 0 bridgehead atoms. The number of carbonyl (C=O) groups excluding carboxylic acids is 2. The lowest BCUT2D eigenvalue weighted by molar-refractivity contribution is -0.143. The summed E-state index contributed by atoms with van der Waals surface area (Å²) >= 11 is 15.9. The Balaban J connectivity index is 1.93. The summed E-state index contributed by atoms with van der Waals surface area (Å²) in [7, 11) is 0. The lowest BCUT2D eigenvalue weighted by Crippen LogP contribution is -2.52. The first-order valence-corrected chi connectivity index (χ1v) is 12.7. The van der Waals surface area contributed by atoms with Crippen LogP contribution in [0.15, 0.2) is 77.3 Å². The quantitative estimate of drug-likeness (QED) is 0.308. The van der Waals surface area contributed by atoms with Crippen LogP contribution in [0.5, 0.6) is 5.75 Å². The van der Waals surface area contributed by atoms with E-state index in [4.69, 9.17) is 27.9 Å². The van der Waals surface area contributed by atoms with Crippen LogP contribution in [0, 0.1) is 0 Å². The van der Waals surface area contributed by atoms with Gasteiger partial charge < -0.3 is 15.0 Å². The van der Waals surface area contributed by atoms with Crippen LogP contribution in [-0.4, -0.2) is 35.4 Å². The SMILES string of the molecule is CC(C)NC(=O)[C@H](Cc1ccccc1)N(Cc1ccc(Cl)cc1Cl)C(=O)COc1ccc(Br)cc1. The van der Waals surface area contributed by atoms with E-state index >= 15 is 0 Å². The molecule has 1 atom stereocenters. The molecule has 1 N–H and O–H groups in total. The van der Waals surface area contributed by atoms with Crippen molar-refractivity contribution in [3.05, 3.63) is 98.4 Å². The van der Waals surface area contributed by atoms with Crippen LogP contribution < -0.4 is 10.1 Å². The van der Waals surface area contributed by atoms with E-state index in [1.807, 2.05) is 56.3 Å². The van der Waals surface area contributed by atoms with E-state index in [1.54, 1.807) is 30.3 Å². The highest BCUT2D eigenvalue weighted by Gasteiger charge is 2.31. The third-order valence-electron chi connectivity index (χ3n) is 5.23. The molecule has 0 unspecified atom stereocenters. The fraction of sp³-hybridized carbons (Fsp3) is 0.259. The zero-order valence-corrected chi connectivity index (χ0v) is 22.6. The largest absolute Gasteiger partial charge is 0.484 e. The summed E-state index contributed by atoms with van der Waals surface area (Å²) in [6.45, 7) is 3.67. The zero-order chi connectivity index (χ0) is 25.4. The Hall–Kier alpha value is -2.54. The van der Waals surface area contributed by atoms with Gasteiger partial charge in [-0.3, -0.25) is 9.59 Å². The summed E-state index contributed by atoms with van der Waals surface area (Å²) in [6.07, 6.45) is 0.342. The van der Waals surface area contributed by atoms with Crippen molar-refractivity contribution in [3.63, 3.8) is 0 Å². The van der Waals surface area contributed by atoms with Gasteiger partial charge in [0.15, 0.2) is 6.61 Å². The molecule has 3 aromatic carbocycles. The molecule has 0 saturated carbocycles. The number of nitrogens with zero attached hydrogens (tertiary/aromatic N) is 1. The van der Waals surface area contributed by atoms with Crippen molar-refractivity contribution in [1.82, 2.24) is 10.2 Å². The van der Waals surface area contributed by atoms with Crippen molar-refractivity contribution in [2.75, 3.05) is 6.61 Å². The van der Waals surface area contributed by atoms with Crippen molar-refractivity contribution in [1.29, 1.82) is 0 Å². The Morgan fingerprint density at radius 2 is 1.69 bits per heavy atom. The highest BCUT2D eigenvalue weighted by molar-refractivity contribution is 9.10. The van der Waals surface area contributed by atoms with Gasteiger partial charge in [0.05, 0.1) is 0 Å². The Labute approximate surface area is 224 Å². The van der Waals surface area contributed by atoms with Gasteiger partial charge in [0.25, 0.3) is 5.91 Å². The second-order valence-corrected chi connectivity index (χ2v) is 10.1. The standard InChI is InChI=1S/C27H27BrCl2N2O3/c1-18(2)31-27(34)25(14-19-6-4-3-5-7-19)32(16-20-8-11-22(29)15-24(20)30)26(33)17-35-23-12-9-21(28)10-13-23/h3-13,15,18,25H,14,16-17H2,1-2H3,(H,31,34)/t25-/m0/s1. The normalized spacial score (nSPS) is 11.7. The van der Waals surface area contributed by atoms with Gasteiger partial charge in [-0.15, -0.1) is 0 Å². The van der Waals surface area contributed by atoms with Gasteiger partial charge in [0.2, 0.25) is 5.91 Å². The molecule has 3 rings (SSSR count). The van der Waals surface area contributed by atoms with Gasteiger partial charge in [0, 0.05) is 33.5 Å². The van der Waals surface area contributed by atoms with E-state index in [2.05, 4.69) is 21.2 Å². The Kier molecular flexibility index (Phi) is 10.0. The van der Waals surface area contributed by atoms with E-state index < -0.39 is 6.04 Å². The van der Waals surface area contributed by atoms with E-state index in [0.29, 0.717) is 27.8 Å². The summed E-state index contributed by atoms with van der Waals surface area (Å²) in [6, 6.07) is 21.0. The molecule has 0 fully saturated rings. The van der Waals surface area contributed by atoms with Gasteiger partial charge in [-0.1, -0.05) is 75.5 Å². The first-order chi connectivity index (χ1) is 16.7. The number of amides is 2. The molecule has 0 spiro atoms. The second kappa shape index (κ2) is 13.0. The molecule has 3 aromatic rings. The van der Waals surface area contributed by atoms with Gasteiger partial charge >= 0.3 is 0 Å². The van der Waals surface area contributed by atoms with Crippen molar-refractivity contribution in [2.45, 2.75) is 38.9 Å². The van der Waals surface area contributed by atoms with E-state index in [1.165, 1.54) is 4.90 Å². The Bertz CT molecular complexity index is 1140. The van der Waals surface area contributed by atoms with Crippen LogP contribution in [0.2, 0.25) is 10.0 Å². The van der Waals surface area contributed by atoms with Gasteiger partial charge in [0.1, 0.15) is 11.8 Å². The average Bonchev–Trinajstić information content (AvgIpc) is 2.82. The molecule has 0 aliphatic carbocycles. The molecule has 35 heavy (non-hydrogen) atoms. The van der Waals surface area contributed by atoms with E-state index in [9.17, 15) is 9.59 Å². The van der Waals surface area contributed by atoms with E-state index in [0.717, 1.165) is 10.0 Å². The van der Waals surface area contributed by atoms with Gasteiger partial charge in [-0.25, -0.2) is 0 Å². The number of carbonyl (C=O) groups is 2. The van der Waals surface area contributed by atoms with Crippen molar-refractivity contribution >= 4 is 50.9 Å². The average molecular weight is 578 g/mol. The molecule has 0 radical (unpaired) electrons. The molecule has 0 aliphatic rings. The zero-order valence-electron chi connectivity index (χ0n) is 19.5. The molecule has 2 amide bonds. The smallest absolute Gasteiger partial charge is 0.261 e. The summed E-state index contributed by atoms with van der Waals surface area (Å²) in [4.78, 5) is 28.4. The molecular formula is C27H27BrCl2N2O3. The Morgan fingerprint density at radius 3 is 2.31 bits per heavy atom. The number of hydrogen-bond donors (Lipinski definition) is 1. The first kappa shape index (κ1) is 27.1. The topological polar surface area (TPSA) is 58.6 Å². The lowest BCUT2D eigenvalue weighted by Gasteiger charge is -2.32. The van der Waals surface area contributed by atoms with Crippen LogP contribution in [0.3, 0.4) is 0 Å². The molecule has 8 heteroatoms.